The lowest BCUT2D eigenvalue weighted by molar-refractivity contribution is 0.588. The first-order valence-electron chi connectivity index (χ1n) is 5.69. The van der Waals surface area contributed by atoms with Gasteiger partial charge in [0.05, 0.1) is 5.69 Å². The third kappa shape index (κ3) is 3.54. The van der Waals surface area contributed by atoms with Gasteiger partial charge in [0.1, 0.15) is 4.90 Å². The van der Waals surface area contributed by atoms with Crippen molar-refractivity contribution in [2.45, 2.75) is 14.7 Å². The summed E-state index contributed by atoms with van der Waals surface area (Å²) in [4.78, 5) is 2.04. The average molecular weight is 373 g/mol. The van der Waals surface area contributed by atoms with Crippen LogP contribution < -0.4 is 10.5 Å². The van der Waals surface area contributed by atoms with Crippen molar-refractivity contribution in [3.63, 3.8) is 0 Å². The minimum Gasteiger partial charge on any atom is -0.398 e. The quantitative estimate of drug-likeness (QED) is 0.808. The summed E-state index contributed by atoms with van der Waals surface area (Å²) in [5.41, 5.74) is 6.06. The molecule has 0 aliphatic rings. The summed E-state index contributed by atoms with van der Waals surface area (Å²) in [7, 11) is -2.15. The molecule has 0 spiro atoms. The highest BCUT2D eigenvalue weighted by Gasteiger charge is 2.15. The summed E-state index contributed by atoms with van der Waals surface area (Å²) in [6.45, 7) is 0. The van der Waals surface area contributed by atoms with E-state index in [2.05, 4.69) is 20.7 Å². The van der Waals surface area contributed by atoms with Crippen LogP contribution in [0.2, 0.25) is 0 Å². The van der Waals surface area contributed by atoms with Crippen molar-refractivity contribution < 1.29 is 8.42 Å². The molecular formula is C13H13BrN2O2S2. The van der Waals surface area contributed by atoms with Crippen LogP contribution in [0, 0.1) is 0 Å². The number of nitrogens with one attached hydrogen (secondary N) is 1. The molecule has 2 rings (SSSR count). The summed E-state index contributed by atoms with van der Waals surface area (Å²) >= 11 is 4.90. The van der Waals surface area contributed by atoms with Gasteiger partial charge in [0, 0.05) is 14.3 Å². The van der Waals surface area contributed by atoms with Crippen molar-refractivity contribution in [2.24, 2.45) is 0 Å². The van der Waals surface area contributed by atoms with Crippen LogP contribution in [0.4, 0.5) is 5.69 Å². The second-order valence-electron chi connectivity index (χ2n) is 3.96. The predicted molar refractivity (Wildman–Crippen MR) is 85.4 cm³/mol. The summed E-state index contributed by atoms with van der Waals surface area (Å²) in [5, 5.41) is 0. The van der Waals surface area contributed by atoms with Gasteiger partial charge >= 0.3 is 0 Å². The van der Waals surface area contributed by atoms with Gasteiger partial charge in [-0.25, -0.2) is 13.1 Å². The van der Waals surface area contributed by atoms with Crippen LogP contribution in [0.15, 0.2) is 61.6 Å². The average Bonchev–Trinajstić information content (AvgIpc) is 2.41. The van der Waals surface area contributed by atoms with Crippen molar-refractivity contribution in [1.29, 1.82) is 0 Å². The predicted octanol–water partition coefficient (Wildman–Crippen LogP) is 3.09. The van der Waals surface area contributed by atoms with E-state index in [1.165, 1.54) is 24.9 Å². The molecule has 0 heterocycles. The molecule has 0 fully saturated rings. The largest absolute Gasteiger partial charge is 0.398 e. The molecule has 0 aliphatic heterocycles. The zero-order valence-electron chi connectivity index (χ0n) is 10.6. The van der Waals surface area contributed by atoms with Crippen molar-refractivity contribution in [1.82, 2.24) is 4.72 Å². The van der Waals surface area contributed by atoms with Crippen molar-refractivity contribution >= 4 is 43.4 Å². The lowest BCUT2D eigenvalue weighted by atomic mass is 10.3. The molecule has 2 aromatic carbocycles. The zero-order valence-corrected chi connectivity index (χ0v) is 13.8. The van der Waals surface area contributed by atoms with Crippen LogP contribution in [0.1, 0.15) is 0 Å². The number of anilines is 1. The Balaban J connectivity index is 2.28. The maximum atomic E-state index is 11.7. The molecule has 0 radical (unpaired) electrons. The first-order valence-corrected chi connectivity index (χ1v) is 8.78. The van der Waals surface area contributed by atoms with Gasteiger partial charge in [0.2, 0.25) is 10.0 Å². The van der Waals surface area contributed by atoms with Crippen LogP contribution >= 0.6 is 27.7 Å². The molecule has 0 aliphatic carbocycles. The molecule has 20 heavy (non-hydrogen) atoms. The first kappa shape index (κ1) is 15.4. The molecule has 0 atom stereocenters. The second-order valence-corrected chi connectivity index (χ2v) is 7.88. The normalized spacial score (nSPS) is 11.5. The highest BCUT2D eigenvalue weighted by Crippen LogP contribution is 2.31. The second kappa shape index (κ2) is 6.17. The smallest absolute Gasteiger partial charge is 0.242 e. The fourth-order valence-electron chi connectivity index (χ4n) is 1.58. The zero-order chi connectivity index (χ0) is 14.8. The molecule has 7 heteroatoms. The number of rotatable bonds is 4. The Morgan fingerprint density at radius 2 is 1.70 bits per heavy atom. The maximum absolute atomic E-state index is 11.7. The first-order chi connectivity index (χ1) is 9.42. The lowest BCUT2D eigenvalue weighted by Gasteiger charge is -2.08. The molecule has 0 bridgehead atoms. The van der Waals surface area contributed by atoms with E-state index in [-0.39, 0.29) is 10.6 Å². The van der Waals surface area contributed by atoms with Gasteiger partial charge in [0.15, 0.2) is 0 Å². The van der Waals surface area contributed by atoms with Crippen LogP contribution in [-0.2, 0) is 10.0 Å². The molecule has 4 nitrogen and oxygen atoms in total. The van der Waals surface area contributed by atoms with E-state index in [0.29, 0.717) is 0 Å². The Bertz CT molecular complexity index is 716. The number of nitrogen functional groups attached to an aromatic ring is 1. The fraction of sp³-hybridized carbons (Fsp3) is 0.0769. The molecule has 0 saturated carbocycles. The molecular weight excluding hydrogens is 360 g/mol. The van der Waals surface area contributed by atoms with Crippen LogP contribution in [0.5, 0.6) is 0 Å². The monoisotopic (exact) mass is 372 g/mol. The van der Waals surface area contributed by atoms with Gasteiger partial charge in [-0.05, 0) is 49.5 Å². The third-order valence-electron chi connectivity index (χ3n) is 2.59. The Morgan fingerprint density at radius 3 is 2.25 bits per heavy atom. The molecule has 0 saturated heterocycles. The number of sulfonamides is 1. The van der Waals surface area contributed by atoms with E-state index in [1.54, 1.807) is 12.1 Å². The van der Waals surface area contributed by atoms with Gasteiger partial charge in [0.25, 0.3) is 0 Å². The van der Waals surface area contributed by atoms with E-state index in [0.717, 1.165) is 14.3 Å². The fourth-order valence-corrected chi connectivity index (χ4v) is 3.55. The van der Waals surface area contributed by atoms with E-state index in [9.17, 15) is 8.42 Å². The number of benzene rings is 2. The molecule has 2 aromatic rings. The summed E-state index contributed by atoms with van der Waals surface area (Å²) in [6, 6.07) is 12.8. The van der Waals surface area contributed by atoms with Gasteiger partial charge in [-0.3, -0.25) is 0 Å². The summed E-state index contributed by atoms with van der Waals surface area (Å²) < 4.78 is 26.7. The van der Waals surface area contributed by atoms with Crippen molar-refractivity contribution in [2.75, 3.05) is 12.8 Å². The van der Waals surface area contributed by atoms with Gasteiger partial charge in [-0.1, -0.05) is 27.7 Å². The van der Waals surface area contributed by atoms with Crippen molar-refractivity contribution in [3.05, 3.63) is 46.9 Å². The SMILES string of the molecule is CNS(=O)(=O)c1ccc(Sc2ccc(Br)cc2)cc1N. The van der Waals surface area contributed by atoms with E-state index >= 15 is 0 Å². The number of hydrogen-bond donors (Lipinski definition) is 2. The van der Waals surface area contributed by atoms with Gasteiger partial charge in [-0.2, -0.15) is 0 Å². The molecule has 3 N–H and O–H groups in total. The topological polar surface area (TPSA) is 72.2 Å². The van der Waals surface area contributed by atoms with Gasteiger partial charge < -0.3 is 5.73 Å². The maximum Gasteiger partial charge on any atom is 0.242 e. The minimum absolute atomic E-state index is 0.0974. The molecule has 0 amide bonds. The summed E-state index contributed by atoms with van der Waals surface area (Å²) in [5.74, 6) is 0. The van der Waals surface area contributed by atoms with E-state index in [4.69, 9.17) is 5.73 Å². The lowest BCUT2D eigenvalue weighted by Crippen LogP contribution is -2.19. The van der Waals surface area contributed by atoms with Crippen LogP contribution in [0.25, 0.3) is 0 Å². The molecule has 0 unspecified atom stereocenters. The number of nitrogens with two attached hydrogens (primary N) is 1. The molecule has 106 valence electrons. The van der Waals surface area contributed by atoms with Crippen LogP contribution in [0.3, 0.4) is 0 Å². The summed E-state index contributed by atoms with van der Waals surface area (Å²) in [6.07, 6.45) is 0. The Kier molecular flexibility index (Phi) is 4.74. The van der Waals surface area contributed by atoms with Gasteiger partial charge in [-0.15, -0.1) is 0 Å². The Morgan fingerprint density at radius 1 is 1.10 bits per heavy atom. The standard InChI is InChI=1S/C13H13BrN2O2S2/c1-16-20(17,18)13-7-6-11(8-12(13)15)19-10-4-2-9(14)3-5-10/h2-8,16H,15H2,1H3. The van der Waals surface area contributed by atoms with E-state index in [1.807, 2.05) is 24.3 Å². The van der Waals surface area contributed by atoms with Crippen LogP contribution in [-0.4, -0.2) is 15.5 Å². The highest BCUT2D eigenvalue weighted by molar-refractivity contribution is 9.10. The number of halogens is 1. The third-order valence-corrected chi connectivity index (χ3v) is 5.60. The molecule has 0 aromatic heterocycles. The highest BCUT2D eigenvalue weighted by atomic mass is 79.9. The minimum atomic E-state index is -3.51. The van der Waals surface area contributed by atoms with E-state index < -0.39 is 10.0 Å². The Hall–Kier alpha value is -1.02. The number of hydrogen-bond acceptors (Lipinski definition) is 4. The Labute approximate surface area is 130 Å². The van der Waals surface area contributed by atoms with Crippen molar-refractivity contribution in [3.8, 4) is 0 Å².